The maximum absolute atomic E-state index is 12.0. The largest absolute Gasteiger partial charge is 0.349 e. The van der Waals surface area contributed by atoms with Crippen molar-refractivity contribution < 1.29 is 13.2 Å². The fourth-order valence-corrected chi connectivity index (χ4v) is 5.15. The minimum absolute atomic E-state index is 0.141. The normalized spacial score (nSPS) is 22.4. The number of benzene rings is 1. The molecule has 1 aliphatic rings. The Labute approximate surface area is 148 Å². The zero-order valence-corrected chi connectivity index (χ0v) is 14.6. The lowest BCUT2D eigenvalue weighted by atomic mass is 10.2. The van der Waals surface area contributed by atoms with E-state index < -0.39 is 27.2 Å². The molecule has 24 heavy (non-hydrogen) atoms. The standard InChI is InChI=1S/C13H13Cl2N5O3S/c14-9-4-2-1-3-8(9)13-17-19-20(18-13)5-12(21)16-11-7-24(22,23)6-10(11)15/h1-4,10-11H,5-7H2,(H,16,21)/t10-,11+/m1/s1. The van der Waals surface area contributed by atoms with Crippen LogP contribution in [0.5, 0.6) is 0 Å². The van der Waals surface area contributed by atoms with Crippen molar-refractivity contribution >= 4 is 38.9 Å². The van der Waals surface area contributed by atoms with Crippen molar-refractivity contribution in [2.75, 3.05) is 11.5 Å². The number of rotatable bonds is 4. The lowest BCUT2D eigenvalue weighted by Crippen LogP contribution is -2.42. The molecule has 1 aromatic heterocycles. The summed E-state index contributed by atoms with van der Waals surface area (Å²) in [5, 5.41) is 14.2. The molecule has 1 N–H and O–H groups in total. The topological polar surface area (TPSA) is 107 Å². The summed E-state index contributed by atoms with van der Waals surface area (Å²) in [5.74, 6) is -0.446. The molecule has 0 spiro atoms. The van der Waals surface area contributed by atoms with Gasteiger partial charge in [-0.05, 0) is 17.3 Å². The fourth-order valence-electron chi connectivity index (χ4n) is 2.38. The minimum atomic E-state index is -3.21. The van der Waals surface area contributed by atoms with Gasteiger partial charge in [0.05, 0.1) is 27.9 Å². The molecular formula is C13H13Cl2N5O3S. The number of hydrogen-bond donors (Lipinski definition) is 1. The van der Waals surface area contributed by atoms with Gasteiger partial charge in [0.15, 0.2) is 9.84 Å². The Balaban J connectivity index is 1.65. The average molecular weight is 390 g/mol. The summed E-state index contributed by atoms with van der Waals surface area (Å²) < 4.78 is 23.0. The molecule has 1 amide bonds. The van der Waals surface area contributed by atoms with E-state index in [2.05, 4.69) is 20.7 Å². The first-order valence-electron chi connectivity index (χ1n) is 7.00. The molecule has 3 rings (SSSR count). The third-order valence-corrected chi connectivity index (χ3v) is 6.19. The Kier molecular flexibility index (Phi) is 4.75. The van der Waals surface area contributed by atoms with E-state index >= 15 is 0 Å². The van der Waals surface area contributed by atoms with Crippen molar-refractivity contribution in [3.05, 3.63) is 29.3 Å². The van der Waals surface area contributed by atoms with Crippen molar-refractivity contribution in [1.29, 1.82) is 0 Å². The molecular weight excluding hydrogens is 377 g/mol. The molecule has 0 bridgehead atoms. The monoisotopic (exact) mass is 389 g/mol. The lowest BCUT2D eigenvalue weighted by Gasteiger charge is -2.13. The molecule has 1 aliphatic heterocycles. The van der Waals surface area contributed by atoms with Crippen molar-refractivity contribution in [2.45, 2.75) is 18.0 Å². The van der Waals surface area contributed by atoms with Crippen LogP contribution >= 0.6 is 23.2 Å². The van der Waals surface area contributed by atoms with E-state index in [-0.39, 0.29) is 18.1 Å². The molecule has 0 radical (unpaired) electrons. The van der Waals surface area contributed by atoms with Gasteiger partial charge in [-0.2, -0.15) is 4.80 Å². The van der Waals surface area contributed by atoms with E-state index in [1.165, 1.54) is 0 Å². The van der Waals surface area contributed by atoms with Gasteiger partial charge in [-0.15, -0.1) is 21.8 Å². The molecule has 2 atom stereocenters. The molecule has 11 heteroatoms. The van der Waals surface area contributed by atoms with Crippen molar-refractivity contribution in [3.8, 4) is 11.4 Å². The van der Waals surface area contributed by atoms with Crippen molar-refractivity contribution in [3.63, 3.8) is 0 Å². The second-order valence-electron chi connectivity index (χ2n) is 5.39. The highest BCUT2D eigenvalue weighted by Crippen LogP contribution is 2.23. The number of halogens is 2. The predicted molar refractivity (Wildman–Crippen MR) is 88.5 cm³/mol. The summed E-state index contributed by atoms with van der Waals surface area (Å²) >= 11 is 12.0. The zero-order chi connectivity index (χ0) is 17.3. The lowest BCUT2D eigenvalue weighted by molar-refractivity contribution is -0.122. The smallest absolute Gasteiger partial charge is 0.243 e. The molecule has 0 aliphatic carbocycles. The molecule has 2 heterocycles. The van der Waals surface area contributed by atoms with Crippen LogP contribution in [0.25, 0.3) is 11.4 Å². The summed E-state index contributed by atoms with van der Waals surface area (Å²) in [6, 6.07) is 6.39. The van der Waals surface area contributed by atoms with Gasteiger partial charge in [-0.1, -0.05) is 23.7 Å². The van der Waals surface area contributed by atoms with Crippen LogP contribution in [-0.2, 0) is 21.2 Å². The van der Waals surface area contributed by atoms with Crippen LogP contribution in [0.4, 0.5) is 0 Å². The first kappa shape index (κ1) is 17.1. The van der Waals surface area contributed by atoms with E-state index in [4.69, 9.17) is 23.2 Å². The van der Waals surface area contributed by atoms with Gasteiger partial charge in [0, 0.05) is 5.56 Å². The molecule has 0 unspecified atom stereocenters. The van der Waals surface area contributed by atoms with Crippen LogP contribution in [0.2, 0.25) is 5.02 Å². The summed E-state index contributed by atoms with van der Waals surface area (Å²) in [6.45, 7) is -0.197. The van der Waals surface area contributed by atoms with Crippen LogP contribution in [-0.4, -0.2) is 57.5 Å². The number of alkyl halides is 1. The predicted octanol–water partition coefficient (Wildman–Crippen LogP) is 0.514. The first-order chi connectivity index (χ1) is 11.3. The van der Waals surface area contributed by atoms with Gasteiger partial charge in [-0.3, -0.25) is 4.79 Å². The quantitative estimate of drug-likeness (QED) is 0.763. The van der Waals surface area contributed by atoms with Gasteiger partial charge in [-0.25, -0.2) is 8.42 Å². The fraction of sp³-hybridized carbons (Fsp3) is 0.385. The van der Waals surface area contributed by atoms with Crippen LogP contribution in [0, 0.1) is 0 Å². The molecule has 1 fully saturated rings. The number of aromatic nitrogens is 4. The van der Waals surface area contributed by atoms with Gasteiger partial charge in [0.2, 0.25) is 11.7 Å². The highest BCUT2D eigenvalue weighted by Gasteiger charge is 2.37. The number of carbonyl (C=O) groups is 1. The van der Waals surface area contributed by atoms with E-state index in [0.29, 0.717) is 16.4 Å². The van der Waals surface area contributed by atoms with Crippen molar-refractivity contribution in [1.82, 2.24) is 25.5 Å². The molecule has 8 nitrogen and oxygen atoms in total. The summed E-state index contributed by atoms with van der Waals surface area (Å²) in [5.41, 5.74) is 0.605. The van der Waals surface area contributed by atoms with Crippen LogP contribution in [0.3, 0.4) is 0 Å². The number of tetrazole rings is 1. The molecule has 128 valence electrons. The number of amides is 1. The average Bonchev–Trinajstić information content (AvgIpc) is 3.03. The van der Waals surface area contributed by atoms with Gasteiger partial charge < -0.3 is 5.32 Å². The van der Waals surface area contributed by atoms with Crippen LogP contribution < -0.4 is 5.32 Å². The summed E-state index contributed by atoms with van der Waals surface area (Å²) in [6.07, 6.45) is 0. The van der Waals surface area contributed by atoms with Gasteiger partial charge in [0.1, 0.15) is 6.54 Å². The Morgan fingerprint density at radius 1 is 1.33 bits per heavy atom. The number of sulfone groups is 1. The van der Waals surface area contributed by atoms with Gasteiger partial charge in [0.25, 0.3) is 0 Å². The van der Waals surface area contributed by atoms with Gasteiger partial charge >= 0.3 is 0 Å². The highest BCUT2D eigenvalue weighted by molar-refractivity contribution is 7.91. The zero-order valence-electron chi connectivity index (χ0n) is 12.3. The minimum Gasteiger partial charge on any atom is -0.349 e. The Morgan fingerprint density at radius 2 is 2.08 bits per heavy atom. The van der Waals surface area contributed by atoms with Crippen LogP contribution in [0.1, 0.15) is 0 Å². The van der Waals surface area contributed by atoms with Crippen molar-refractivity contribution in [2.24, 2.45) is 0 Å². The van der Waals surface area contributed by atoms with E-state index in [1.807, 2.05) is 0 Å². The molecule has 0 saturated carbocycles. The molecule has 2 aromatic rings. The molecule has 1 saturated heterocycles. The second-order valence-corrected chi connectivity index (χ2v) is 8.51. The second kappa shape index (κ2) is 6.66. The maximum Gasteiger partial charge on any atom is 0.243 e. The third kappa shape index (κ3) is 3.85. The summed E-state index contributed by atoms with van der Waals surface area (Å²) in [7, 11) is -3.21. The Bertz CT molecular complexity index is 870. The highest BCUT2D eigenvalue weighted by atomic mass is 35.5. The Hall–Kier alpha value is -1.71. The van der Waals surface area contributed by atoms with E-state index in [0.717, 1.165) is 4.80 Å². The number of nitrogens with zero attached hydrogens (tertiary/aromatic N) is 4. The third-order valence-electron chi connectivity index (χ3n) is 3.48. The summed E-state index contributed by atoms with van der Waals surface area (Å²) in [4.78, 5) is 13.1. The number of nitrogens with one attached hydrogen (secondary N) is 1. The van der Waals surface area contributed by atoms with E-state index in [1.54, 1.807) is 24.3 Å². The Morgan fingerprint density at radius 3 is 2.75 bits per heavy atom. The maximum atomic E-state index is 12.0. The van der Waals surface area contributed by atoms with Crippen LogP contribution in [0.15, 0.2) is 24.3 Å². The SMILES string of the molecule is O=C(Cn1nnc(-c2ccccc2Cl)n1)N[C@H]1CS(=O)(=O)C[C@H]1Cl. The number of carbonyl (C=O) groups excluding carboxylic acids is 1. The molecule has 1 aromatic carbocycles. The number of hydrogen-bond acceptors (Lipinski definition) is 6. The van der Waals surface area contributed by atoms with E-state index in [9.17, 15) is 13.2 Å². The first-order valence-corrected chi connectivity index (χ1v) is 9.64.